The Balaban J connectivity index is 2.73. The van der Waals surface area contributed by atoms with Crippen molar-refractivity contribution in [3.8, 4) is 16.9 Å². The number of rotatable bonds is 3. The molecule has 0 N–H and O–H groups in total. The smallest absolute Gasteiger partial charge is 0.311 e. The van der Waals surface area contributed by atoms with Gasteiger partial charge in [-0.15, -0.1) is 0 Å². The van der Waals surface area contributed by atoms with Crippen LogP contribution in [0, 0.1) is 15.9 Å². The Morgan fingerprint density at radius 1 is 1.17 bits per heavy atom. The van der Waals surface area contributed by atoms with E-state index < -0.39 is 10.7 Å². The van der Waals surface area contributed by atoms with Gasteiger partial charge in [0, 0.05) is 6.07 Å². The molecule has 0 saturated heterocycles. The average Bonchev–Trinajstić information content (AvgIpc) is 2.38. The highest BCUT2D eigenvalue weighted by Crippen LogP contribution is 2.39. The molecule has 2 aromatic rings. The van der Waals surface area contributed by atoms with Crippen LogP contribution in [0.3, 0.4) is 0 Å². The first-order valence-electron chi connectivity index (χ1n) is 5.21. The maximum absolute atomic E-state index is 13.9. The van der Waals surface area contributed by atoms with Crippen molar-refractivity contribution in [1.29, 1.82) is 0 Å². The lowest BCUT2D eigenvalue weighted by Gasteiger charge is -2.09. The molecule has 0 heterocycles. The zero-order valence-electron chi connectivity index (χ0n) is 9.59. The minimum absolute atomic E-state index is 0.0637. The summed E-state index contributed by atoms with van der Waals surface area (Å²) in [5.41, 5.74) is 0.389. The van der Waals surface area contributed by atoms with Crippen molar-refractivity contribution < 1.29 is 14.1 Å². The van der Waals surface area contributed by atoms with Crippen molar-refractivity contribution >= 4 is 5.69 Å². The molecule has 4 nitrogen and oxygen atoms in total. The van der Waals surface area contributed by atoms with Gasteiger partial charge in [-0.25, -0.2) is 4.39 Å². The molecule has 0 atom stereocenters. The van der Waals surface area contributed by atoms with Crippen LogP contribution in [0.25, 0.3) is 11.1 Å². The van der Waals surface area contributed by atoms with Crippen LogP contribution in [0.5, 0.6) is 5.75 Å². The molecular formula is C13H10FNO3. The predicted molar refractivity (Wildman–Crippen MR) is 65.0 cm³/mol. The molecule has 0 unspecified atom stereocenters. The van der Waals surface area contributed by atoms with E-state index in [-0.39, 0.29) is 17.0 Å². The SMILES string of the molecule is COc1c([N+](=O)[O-])ccc(F)c1-c1ccccc1. The molecule has 2 rings (SSSR count). The summed E-state index contributed by atoms with van der Waals surface area (Å²) < 4.78 is 18.9. The number of hydrogen-bond acceptors (Lipinski definition) is 3. The molecule has 0 bridgehead atoms. The largest absolute Gasteiger partial charge is 0.490 e. The number of nitrogens with zero attached hydrogens (tertiary/aromatic N) is 1. The van der Waals surface area contributed by atoms with Gasteiger partial charge >= 0.3 is 5.69 Å². The molecule has 92 valence electrons. The van der Waals surface area contributed by atoms with Crippen molar-refractivity contribution in [2.24, 2.45) is 0 Å². The molecule has 2 aromatic carbocycles. The van der Waals surface area contributed by atoms with Gasteiger partial charge in [0.1, 0.15) is 5.82 Å². The van der Waals surface area contributed by atoms with Crippen molar-refractivity contribution in [1.82, 2.24) is 0 Å². The molecule has 0 radical (unpaired) electrons. The monoisotopic (exact) mass is 247 g/mol. The van der Waals surface area contributed by atoms with Gasteiger partial charge < -0.3 is 4.74 Å². The van der Waals surface area contributed by atoms with E-state index in [4.69, 9.17) is 4.74 Å². The van der Waals surface area contributed by atoms with Crippen LogP contribution in [-0.4, -0.2) is 12.0 Å². The molecule has 0 aliphatic heterocycles. The molecule has 0 saturated carbocycles. The fourth-order valence-electron chi connectivity index (χ4n) is 1.77. The number of hydrogen-bond donors (Lipinski definition) is 0. The van der Waals surface area contributed by atoms with Crippen molar-refractivity contribution in [3.05, 3.63) is 58.4 Å². The molecule has 18 heavy (non-hydrogen) atoms. The second kappa shape index (κ2) is 4.83. The quantitative estimate of drug-likeness (QED) is 0.617. The molecule has 0 aliphatic rings. The zero-order valence-corrected chi connectivity index (χ0v) is 9.59. The summed E-state index contributed by atoms with van der Waals surface area (Å²) in [6, 6.07) is 10.8. The van der Waals surface area contributed by atoms with E-state index in [1.807, 2.05) is 0 Å². The van der Waals surface area contributed by atoms with Crippen LogP contribution in [0.4, 0.5) is 10.1 Å². The van der Waals surface area contributed by atoms with E-state index in [1.54, 1.807) is 30.3 Å². The standard InChI is InChI=1S/C13H10FNO3/c1-18-13-11(15(16)17)8-7-10(14)12(13)9-5-3-2-4-6-9/h2-8H,1H3. The van der Waals surface area contributed by atoms with Gasteiger partial charge in [0.05, 0.1) is 17.6 Å². The van der Waals surface area contributed by atoms with Gasteiger partial charge in [0.2, 0.25) is 5.75 Å². The number of halogens is 1. The van der Waals surface area contributed by atoms with E-state index in [9.17, 15) is 14.5 Å². The Kier molecular flexibility index (Phi) is 3.23. The van der Waals surface area contributed by atoms with E-state index in [0.29, 0.717) is 5.56 Å². The fourth-order valence-corrected chi connectivity index (χ4v) is 1.77. The lowest BCUT2D eigenvalue weighted by atomic mass is 10.0. The Morgan fingerprint density at radius 3 is 2.39 bits per heavy atom. The van der Waals surface area contributed by atoms with Gasteiger partial charge in [-0.2, -0.15) is 0 Å². The normalized spacial score (nSPS) is 10.1. The molecule has 0 amide bonds. The summed E-state index contributed by atoms with van der Waals surface area (Å²) in [5.74, 6) is -0.616. The fraction of sp³-hybridized carbons (Fsp3) is 0.0769. The number of methoxy groups -OCH3 is 1. The Morgan fingerprint density at radius 2 is 1.83 bits per heavy atom. The first kappa shape index (κ1) is 12.0. The Hall–Kier alpha value is -2.43. The third-order valence-corrected chi connectivity index (χ3v) is 2.55. The molecular weight excluding hydrogens is 237 g/mol. The second-order valence-electron chi connectivity index (χ2n) is 3.60. The van der Waals surface area contributed by atoms with Gasteiger partial charge in [0.15, 0.2) is 0 Å². The summed E-state index contributed by atoms with van der Waals surface area (Å²) in [6.45, 7) is 0. The highest BCUT2D eigenvalue weighted by molar-refractivity contribution is 5.76. The third kappa shape index (κ3) is 2.02. The van der Waals surface area contributed by atoms with Crippen molar-refractivity contribution in [2.45, 2.75) is 0 Å². The van der Waals surface area contributed by atoms with Crippen LogP contribution in [0.2, 0.25) is 0 Å². The topological polar surface area (TPSA) is 52.4 Å². The number of nitro groups is 1. The molecule has 0 aliphatic carbocycles. The molecule has 0 aromatic heterocycles. The van der Waals surface area contributed by atoms with Crippen LogP contribution in [0.1, 0.15) is 0 Å². The maximum atomic E-state index is 13.9. The van der Waals surface area contributed by atoms with Crippen LogP contribution >= 0.6 is 0 Å². The predicted octanol–water partition coefficient (Wildman–Crippen LogP) is 3.41. The first-order chi connectivity index (χ1) is 8.65. The molecule has 5 heteroatoms. The lowest BCUT2D eigenvalue weighted by Crippen LogP contribution is -1.98. The van der Waals surface area contributed by atoms with E-state index in [2.05, 4.69) is 0 Å². The number of ether oxygens (including phenoxy) is 1. The zero-order chi connectivity index (χ0) is 13.1. The second-order valence-corrected chi connectivity index (χ2v) is 3.60. The van der Waals surface area contributed by atoms with Crippen molar-refractivity contribution in [3.63, 3.8) is 0 Å². The summed E-state index contributed by atoms with van der Waals surface area (Å²) in [7, 11) is 1.29. The van der Waals surface area contributed by atoms with Crippen LogP contribution in [0.15, 0.2) is 42.5 Å². The van der Waals surface area contributed by atoms with Crippen LogP contribution < -0.4 is 4.74 Å². The maximum Gasteiger partial charge on any atom is 0.311 e. The minimum Gasteiger partial charge on any atom is -0.490 e. The first-order valence-corrected chi connectivity index (χ1v) is 5.21. The van der Waals surface area contributed by atoms with Crippen molar-refractivity contribution in [2.75, 3.05) is 7.11 Å². The lowest BCUT2D eigenvalue weighted by molar-refractivity contribution is -0.385. The molecule has 0 spiro atoms. The minimum atomic E-state index is -0.593. The average molecular weight is 247 g/mol. The third-order valence-electron chi connectivity index (χ3n) is 2.55. The van der Waals surface area contributed by atoms with Gasteiger partial charge in [0.25, 0.3) is 0 Å². The van der Waals surface area contributed by atoms with Crippen LogP contribution in [-0.2, 0) is 0 Å². The number of nitro benzene ring substituents is 1. The summed E-state index contributed by atoms with van der Waals surface area (Å²) in [6.07, 6.45) is 0. The van der Waals surface area contributed by atoms with E-state index in [0.717, 1.165) is 12.1 Å². The van der Waals surface area contributed by atoms with Gasteiger partial charge in [-0.3, -0.25) is 10.1 Å². The Bertz CT molecular complexity index is 584. The summed E-state index contributed by atoms with van der Waals surface area (Å²) in [4.78, 5) is 10.3. The van der Waals surface area contributed by atoms with Gasteiger partial charge in [-0.1, -0.05) is 30.3 Å². The van der Waals surface area contributed by atoms with E-state index >= 15 is 0 Å². The highest BCUT2D eigenvalue weighted by Gasteiger charge is 2.22. The van der Waals surface area contributed by atoms with Gasteiger partial charge in [-0.05, 0) is 11.6 Å². The summed E-state index contributed by atoms with van der Waals surface area (Å²) in [5, 5.41) is 10.9. The van der Waals surface area contributed by atoms with E-state index in [1.165, 1.54) is 7.11 Å². The molecule has 0 fully saturated rings. The Labute approximate surface area is 103 Å². The summed E-state index contributed by atoms with van der Waals surface area (Å²) >= 11 is 0. The highest BCUT2D eigenvalue weighted by atomic mass is 19.1. The number of benzene rings is 2.